The minimum Gasteiger partial charge on any atom is -0.370 e. The van der Waals surface area contributed by atoms with Gasteiger partial charge in [0.05, 0.1) is 6.54 Å². The molecule has 1 N–H and O–H groups in total. The molecule has 7 heteroatoms. The minimum absolute atomic E-state index is 0.0869. The van der Waals surface area contributed by atoms with Gasteiger partial charge < -0.3 is 14.7 Å². The number of carbonyl (C=O) groups excluding carboxylic acids is 1. The van der Waals surface area contributed by atoms with E-state index in [1.165, 1.54) is 11.3 Å². The minimum atomic E-state index is -0.327. The fourth-order valence-electron chi connectivity index (χ4n) is 3.00. The van der Waals surface area contributed by atoms with Crippen LogP contribution < -0.4 is 10.2 Å². The zero-order chi connectivity index (χ0) is 16.9. The van der Waals surface area contributed by atoms with Gasteiger partial charge in [-0.25, -0.2) is 0 Å². The predicted octanol–water partition coefficient (Wildman–Crippen LogP) is 1.45. The molecule has 0 saturated carbocycles. The molecule has 1 amide bonds. The van der Waals surface area contributed by atoms with Gasteiger partial charge in [0.25, 0.3) is 11.7 Å². The highest BCUT2D eigenvalue weighted by atomic mass is 16.5. The van der Waals surface area contributed by atoms with Gasteiger partial charge in [-0.3, -0.25) is 9.69 Å². The van der Waals surface area contributed by atoms with Crippen LogP contribution in [0.25, 0.3) is 0 Å². The molecule has 1 aliphatic heterocycles. The lowest BCUT2D eigenvalue weighted by molar-refractivity contribution is 0.0950. The number of hydrogen-bond donors (Lipinski definition) is 1. The summed E-state index contributed by atoms with van der Waals surface area (Å²) in [5.74, 6) is 0.244. The summed E-state index contributed by atoms with van der Waals surface area (Å²) in [7, 11) is 1.55. The van der Waals surface area contributed by atoms with E-state index < -0.39 is 0 Å². The maximum Gasteiger partial charge on any atom is 0.292 e. The van der Waals surface area contributed by atoms with E-state index in [9.17, 15) is 4.79 Å². The Kier molecular flexibility index (Phi) is 5.10. The first kappa shape index (κ1) is 16.4. The number of aromatic nitrogens is 2. The molecule has 3 rings (SSSR count). The molecule has 2 heterocycles. The zero-order valence-electron chi connectivity index (χ0n) is 14.2. The summed E-state index contributed by atoms with van der Waals surface area (Å²) >= 11 is 0. The molecule has 0 spiro atoms. The SMILES string of the molecule is CNC(=O)c1noc(CN2CCCN(c3ccccc3C)CC2)n1. The average Bonchev–Trinajstić information content (AvgIpc) is 2.94. The number of amides is 1. The van der Waals surface area contributed by atoms with E-state index >= 15 is 0 Å². The molecule has 0 radical (unpaired) electrons. The molecule has 128 valence electrons. The van der Waals surface area contributed by atoms with Gasteiger partial charge >= 0.3 is 0 Å². The lowest BCUT2D eigenvalue weighted by Crippen LogP contribution is -2.31. The van der Waals surface area contributed by atoms with Crippen molar-refractivity contribution in [1.29, 1.82) is 0 Å². The van der Waals surface area contributed by atoms with Crippen molar-refractivity contribution in [2.24, 2.45) is 0 Å². The number of anilines is 1. The van der Waals surface area contributed by atoms with Crippen molar-refractivity contribution in [2.45, 2.75) is 19.9 Å². The van der Waals surface area contributed by atoms with Crippen molar-refractivity contribution < 1.29 is 9.32 Å². The van der Waals surface area contributed by atoms with Crippen LogP contribution in [0.15, 0.2) is 28.8 Å². The Morgan fingerprint density at radius 2 is 2.08 bits per heavy atom. The van der Waals surface area contributed by atoms with Crippen LogP contribution in [0, 0.1) is 6.92 Å². The van der Waals surface area contributed by atoms with Crippen molar-refractivity contribution >= 4 is 11.6 Å². The Hall–Kier alpha value is -2.41. The van der Waals surface area contributed by atoms with E-state index in [0.717, 1.165) is 32.6 Å². The van der Waals surface area contributed by atoms with Crippen LogP contribution in [0.5, 0.6) is 0 Å². The van der Waals surface area contributed by atoms with Crippen molar-refractivity contribution in [1.82, 2.24) is 20.4 Å². The van der Waals surface area contributed by atoms with Crippen LogP contribution in [0.4, 0.5) is 5.69 Å². The Labute approximate surface area is 141 Å². The predicted molar refractivity (Wildman–Crippen MR) is 91.0 cm³/mol. The quantitative estimate of drug-likeness (QED) is 0.915. The van der Waals surface area contributed by atoms with E-state index in [1.807, 2.05) is 0 Å². The number of hydrogen-bond acceptors (Lipinski definition) is 6. The first-order chi connectivity index (χ1) is 11.7. The first-order valence-corrected chi connectivity index (χ1v) is 8.25. The number of rotatable bonds is 4. The molecule has 0 bridgehead atoms. The largest absolute Gasteiger partial charge is 0.370 e. The highest BCUT2D eigenvalue weighted by Gasteiger charge is 2.19. The maximum absolute atomic E-state index is 11.5. The molecule has 0 atom stereocenters. The lowest BCUT2D eigenvalue weighted by atomic mass is 10.2. The van der Waals surface area contributed by atoms with Gasteiger partial charge in [0.1, 0.15) is 0 Å². The summed E-state index contributed by atoms with van der Waals surface area (Å²) in [6, 6.07) is 8.49. The molecule has 2 aromatic rings. The fraction of sp³-hybridized carbons (Fsp3) is 0.471. The van der Waals surface area contributed by atoms with E-state index in [2.05, 4.69) is 56.4 Å². The number of nitrogens with one attached hydrogen (secondary N) is 1. The van der Waals surface area contributed by atoms with Crippen LogP contribution in [-0.2, 0) is 6.54 Å². The smallest absolute Gasteiger partial charge is 0.292 e. The van der Waals surface area contributed by atoms with Crippen molar-refractivity contribution in [3.8, 4) is 0 Å². The van der Waals surface area contributed by atoms with E-state index in [1.54, 1.807) is 7.05 Å². The van der Waals surface area contributed by atoms with E-state index in [0.29, 0.717) is 12.4 Å². The van der Waals surface area contributed by atoms with Crippen LogP contribution in [0.3, 0.4) is 0 Å². The summed E-state index contributed by atoms with van der Waals surface area (Å²) in [5.41, 5.74) is 2.61. The summed E-state index contributed by atoms with van der Waals surface area (Å²) < 4.78 is 5.18. The third-order valence-corrected chi connectivity index (χ3v) is 4.30. The van der Waals surface area contributed by atoms with E-state index in [4.69, 9.17) is 4.52 Å². The third-order valence-electron chi connectivity index (χ3n) is 4.30. The molecule has 24 heavy (non-hydrogen) atoms. The Morgan fingerprint density at radius 3 is 2.88 bits per heavy atom. The Bertz CT molecular complexity index is 700. The second-order valence-corrected chi connectivity index (χ2v) is 5.99. The highest BCUT2D eigenvalue weighted by Crippen LogP contribution is 2.21. The Morgan fingerprint density at radius 1 is 1.25 bits per heavy atom. The molecule has 1 fully saturated rings. The molecule has 1 saturated heterocycles. The number of para-hydroxylation sites is 1. The lowest BCUT2D eigenvalue weighted by Gasteiger charge is -2.24. The van der Waals surface area contributed by atoms with Gasteiger partial charge in [-0.1, -0.05) is 23.4 Å². The molecule has 0 aliphatic carbocycles. The highest BCUT2D eigenvalue weighted by molar-refractivity contribution is 5.89. The van der Waals surface area contributed by atoms with Gasteiger partial charge in [-0.15, -0.1) is 0 Å². The molecular weight excluding hydrogens is 306 g/mol. The number of carbonyl (C=O) groups is 1. The van der Waals surface area contributed by atoms with E-state index in [-0.39, 0.29) is 11.7 Å². The van der Waals surface area contributed by atoms with Crippen molar-refractivity contribution in [3.05, 3.63) is 41.5 Å². The second kappa shape index (κ2) is 7.44. The van der Waals surface area contributed by atoms with Crippen LogP contribution in [-0.4, -0.2) is 54.2 Å². The molecule has 1 aliphatic rings. The van der Waals surface area contributed by atoms with Gasteiger partial charge in [0.15, 0.2) is 0 Å². The maximum atomic E-state index is 11.5. The average molecular weight is 329 g/mol. The van der Waals surface area contributed by atoms with Crippen LogP contribution in [0.1, 0.15) is 28.5 Å². The summed E-state index contributed by atoms with van der Waals surface area (Å²) in [4.78, 5) is 20.4. The molecule has 1 aromatic heterocycles. The fourth-order valence-corrected chi connectivity index (χ4v) is 3.00. The van der Waals surface area contributed by atoms with Crippen molar-refractivity contribution in [3.63, 3.8) is 0 Å². The van der Waals surface area contributed by atoms with Gasteiger partial charge in [-0.05, 0) is 25.0 Å². The third kappa shape index (κ3) is 3.73. The van der Waals surface area contributed by atoms with Gasteiger partial charge in [0.2, 0.25) is 5.89 Å². The standard InChI is InChI=1S/C17H23N5O2/c1-13-6-3-4-7-14(13)22-9-5-8-21(10-11-22)12-15-19-16(20-24-15)17(23)18-2/h3-4,6-7H,5,8-12H2,1-2H3,(H,18,23). The first-order valence-electron chi connectivity index (χ1n) is 8.25. The van der Waals surface area contributed by atoms with Crippen LogP contribution in [0.2, 0.25) is 0 Å². The topological polar surface area (TPSA) is 74.5 Å². The summed E-state index contributed by atoms with van der Waals surface area (Å²) in [6.07, 6.45) is 1.07. The van der Waals surface area contributed by atoms with Gasteiger partial charge in [0, 0.05) is 38.9 Å². The van der Waals surface area contributed by atoms with Crippen molar-refractivity contribution in [2.75, 3.05) is 38.1 Å². The molecular formula is C17H23N5O2. The molecule has 1 aromatic carbocycles. The number of benzene rings is 1. The second-order valence-electron chi connectivity index (χ2n) is 5.99. The number of aryl methyl sites for hydroxylation is 1. The zero-order valence-corrected chi connectivity index (χ0v) is 14.2. The molecule has 7 nitrogen and oxygen atoms in total. The summed E-state index contributed by atoms with van der Waals surface area (Å²) in [6.45, 7) is 6.62. The monoisotopic (exact) mass is 329 g/mol. The van der Waals surface area contributed by atoms with Gasteiger partial charge in [-0.2, -0.15) is 4.98 Å². The number of nitrogens with zero attached hydrogens (tertiary/aromatic N) is 4. The molecule has 0 unspecified atom stereocenters. The van der Waals surface area contributed by atoms with Crippen LogP contribution >= 0.6 is 0 Å². The normalized spacial score (nSPS) is 16.0. The summed E-state index contributed by atoms with van der Waals surface area (Å²) in [5, 5.41) is 6.21. The Balaban J connectivity index is 1.61.